The summed E-state index contributed by atoms with van der Waals surface area (Å²) in [6.45, 7) is 6.09. The van der Waals surface area contributed by atoms with Gasteiger partial charge in [-0.15, -0.1) is 0 Å². The molecule has 1 heterocycles. The fourth-order valence-corrected chi connectivity index (χ4v) is 3.98. The average Bonchev–Trinajstić information content (AvgIpc) is 2.67. The van der Waals surface area contributed by atoms with Gasteiger partial charge in [-0.1, -0.05) is 23.4 Å². The number of anilines is 1. The van der Waals surface area contributed by atoms with Crippen LogP contribution in [0.5, 0.6) is 0 Å². The van der Waals surface area contributed by atoms with E-state index < -0.39 is 11.8 Å². The number of fused-ring (bicyclic) bond motifs is 1. The van der Waals surface area contributed by atoms with Crippen molar-refractivity contribution in [2.75, 3.05) is 11.1 Å². The number of nitrogens with two attached hydrogens (primary N) is 2. The van der Waals surface area contributed by atoms with Crippen LogP contribution in [0.3, 0.4) is 0 Å². The maximum atomic E-state index is 12.4. The van der Waals surface area contributed by atoms with Gasteiger partial charge in [0.15, 0.2) is 0 Å². The molecule has 0 aliphatic heterocycles. The fraction of sp³-hybridized carbons (Fsp3) is 0.182. The van der Waals surface area contributed by atoms with E-state index in [1.807, 2.05) is 19.9 Å². The first-order chi connectivity index (χ1) is 14.1. The summed E-state index contributed by atoms with van der Waals surface area (Å²) < 4.78 is 0. The van der Waals surface area contributed by atoms with E-state index in [0.717, 1.165) is 27.1 Å². The third-order valence-electron chi connectivity index (χ3n) is 4.57. The van der Waals surface area contributed by atoms with E-state index in [2.05, 4.69) is 24.4 Å². The molecular formula is C22H22N4O3S. The van der Waals surface area contributed by atoms with Crippen LogP contribution in [0.25, 0.3) is 10.9 Å². The summed E-state index contributed by atoms with van der Waals surface area (Å²) in [7, 11) is 0. The molecule has 0 unspecified atom stereocenters. The van der Waals surface area contributed by atoms with E-state index in [0.29, 0.717) is 0 Å². The lowest BCUT2D eigenvalue weighted by molar-refractivity contribution is -0.113. The van der Waals surface area contributed by atoms with Gasteiger partial charge in [-0.2, -0.15) is 0 Å². The molecule has 0 saturated carbocycles. The Bertz CT molecular complexity index is 1160. The van der Waals surface area contributed by atoms with Crippen LogP contribution < -0.4 is 16.8 Å². The fourth-order valence-electron chi connectivity index (χ4n) is 3.21. The highest BCUT2D eigenvalue weighted by molar-refractivity contribution is 7.99. The van der Waals surface area contributed by atoms with Crippen LogP contribution in [-0.4, -0.2) is 28.5 Å². The first-order valence-corrected chi connectivity index (χ1v) is 10.2. The molecule has 0 saturated heterocycles. The maximum absolute atomic E-state index is 12.4. The molecule has 0 fully saturated rings. The van der Waals surface area contributed by atoms with Gasteiger partial charge in [0, 0.05) is 22.2 Å². The smallest absolute Gasteiger partial charge is 0.248 e. The van der Waals surface area contributed by atoms with E-state index >= 15 is 0 Å². The lowest BCUT2D eigenvalue weighted by atomic mass is 10.0. The van der Waals surface area contributed by atoms with Gasteiger partial charge in [0.05, 0.1) is 16.3 Å². The minimum absolute atomic E-state index is 0.0897. The van der Waals surface area contributed by atoms with Crippen molar-refractivity contribution in [3.8, 4) is 0 Å². The van der Waals surface area contributed by atoms with Crippen LogP contribution in [0.4, 0.5) is 5.69 Å². The normalized spacial score (nSPS) is 10.8. The molecule has 30 heavy (non-hydrogen) atoms. The minimum Gasteiger partial charge on any atom is -0.366 e. The highest BCUT2D eigenvalue weighted by Gasteiger charge is 2.12. The number of thioether (sulfide) groups is 1. The number of nitrogens with zero attached hydrogens (tertiary/aromatic N) is 1. The van der Waals surface area contributed by atoms with E-state index in [1.54, 1.807) is 0 Å². The van der Waals surface area contributed by atoms with Crippen LogP contribution in [-0.2, 0) is 4.79 Å². The summed E-state index contributed by atoms with van der Waals surface area (Å²) >= 11 is 1.30. The Morgan fingerprint density at radius 2 is 1.53 bits per heavy atom. The van der Waals surface area contributed by atoms with Gasteiger partial charge in [-0.05, 0) is 62.2 Å². The Morgan fingerprint density at radius 3 is 2.13 bits per heavy atom. The summed E-state index contributed by atoms with van der Waals surface area (Å²) in [5, 5.41) is 4.51. The molecule has 0 atom stereocenters. The van der Waals surface area contributed by atoms with Crippen molar-refractivity contribution in [1.29, 1.82) is 0 Å². The van der Waals surface area contributed by atoms with Gasteiger partial charge < -0.3 is 16.8 Å². The third-order valence-corrected chi connectivity index (χ3v) is 5.48. The Labute approximate surface area is 178 Å². The Morgan fingerprint density at radius 1 is 0.900 bits per heavy atom. The average molecular weight is 423 g/mol. The van der Waals surface area contributed by atoms with Gasteiger partial charge in [0.1, 0.15) is 0 Å². The van der Waals surface area contributed by atoms with Gasteiger partial charge in [-0.25, -0.2) is 4.98 Å². The van der Waals surface area contributed by atoms with Crippen molar-refractivity contribution in [3.05, 3.63) is 64.2 Å². The second kappa shape index (κ2) is 8.54. The van der Waals surface area contributed by atoms with Crippen LogP contribution in [0.1, 0.15) is 37.4 Å². The van der Waals surface area contributed by atoms with Crippen molar-refractivity contribution < 1.29 is 14.4 Å². The highest BCUT2D eigenvalue weighted by atomic mass is 32.2. The van der Waals surface area contributed by atoms with Crippen molar-refractivity contribution >= 4 is 46.1 Å². The number of benzene rings is 2. The molecule has 0 bridgehead atoms. The lowest BCUT2D eigenvalue weighted by Gasteiger charge is -2.10. The van der Waals surface area contributed by atoms with E-state index in [9.17, 15) is 14.4 Å². The number of carbonyl (C=O) groups is 3. The molecule has 5 N–H and O–H groups in total. The van der Waals surface area contributed by atoms with Crippen LogP contribution in [0.2, 0.25) is 0 Å². The zero-order chi connectivity index (χ0) is 22.0. The Hall–Kier alpha value is -3.39. The molecule has 1 aromatic heterocycles. The van der Waals surface area contributed by atoms with Gasteiger partial charge in [0.2, 0.25) is 17.7 Å². The molecule has 0 spiro atoms. The number of hydrogen-bond acceptors (Lipinski definition) is 5. The molecule has 0 radical (unpaired) electrons. The minimum atomic E-state index is -0.718. The molecule has 8 heteroatoms. The maximum Gasteiger partial charge on any atom is 0.248 e. The second-order valence-corrected chi connectivity index (χ2v) is 8.12. The summed E-state index contributed by atoms with van der Waals surface area (Å²) in [5.74, 6) is -1.64. The number of rotatable bonds is 6. The Kier molecular flexibility index (Phi) is 6.07. The number of pyridine rings is 1. The second-order valence-electron chi connectivity index (χ2n) is 7.12. The molecule has 2 aromatic carbocycles. The lowest BCUT2D eigenvalue weighted by Crippen LogP contribution is -2.19. The topological polar surface area (TPSA) is 128 Å². The van der Waals surface area contributed by atoms with Crippen LogP contribution >= 0.6 is 11.8 Å². The molecule has 154 valence electrons. The molecule has 3 aromatic rings. The summed E-state index contributed by atoms with van der Waals surface area (Å²) in [4.78, 5) is 40.0. The highest BCUT2D eigenvalue weighted by Crippen LogP contribution is 2.27. The first-order valence-electron chi connectivity index (χ1n) is 9.20. The van der Waals surface area contributed by atoms with E-state index in [1.165, 1.54) is 35.5 Å². The van der Waals surface area contributed by atoms with E-state index in [-0.39, 0.29) is 28.5 Å². The monoisotopic (exact) mass is 422 g/mol. The number of hydrogen-bond donors (Lipinski definition) is 3. The Balaban J connectivity index is 1.76. The van der Waals surface area contributed by atoms with Gasteiger partial charge in [0.25, 0.3) is 0 Å². The SMILES string of the molecule is Cc1cc(C)c2nc(SCC(=O)Nc3cc(C(N)=O)cc(C(N)=O)c3)cc(C)c2c1. The molecule has 0 aliphatic carbocycles. The standard InChI is InChI=1S/C22H22N4O3S/c1-11-4-13(3)20-17(5-11)12(2)6-19(26-20)30-10-18(27)25-16-8-14(21(23)28)7-15(9-16)22(24)29/h4-9H,10H2,1-3H3,(H2,23,28)(H2,24,29)(H,25,27). The number of amides is 3. The zero-order valence-electron chi connectivity index (χ0n) is 16.9. The van der Waals surface area contributed by atoms with Crippen LogP contribution in [0.15, 0.2) is 41.4 Å². The first kappa shape index (κ1) is 21.3. The van der Waals surface area contributed by atoms with E-state index in [4.69, 9.17) is 16.5 Å². The van der Waals surface area contributed by atoms with Crippen molar-refractivity contribution in [2.24, 2.45) is 11.5 Å². The van der Waals surface area contributed by atoms with Crippen molar-refractivity contribution in [2.45, 2.75) is 25.8 Å². The van der Waals surface area contributed by atoms with Gasteiger partial charge >= 0.3 is 0 Å². The zero-order valence-corrected chi connectivity index (χ0v) is 17.7. The molecule has 3 amide bonds. The summed E-state index contributed by atoms with van der Waals surface area (Å²) in [6.07, 6.45) is 0. The number of aromatic nitrogens is 1. The molecular weight excluding hydrogens is 400 g/mol. The summed E-state index contributed by atoms with van der Waals surface area (Å²) in [5.41, 5.74) is 15.3. The predicted molar refractivity (Wildman–Crippen MR) is 119 cm³/mol. The molecule has 0 aliphatic rings. The quantitative estimate of drug-likeness (QED) is 0.526. The number of primary amides is 2. The number of carbonyl (C=O) groups excluding carboxylic acids is 3. The number of nitrogens with one attached hydrogen (secondary N) is 1. The molecule has 3 rings (SSSR count). The van der Waals surface area contributed by atoms with Crippen LogP contribution in [0, 0.1) is 20.8 Å². The molecule has 7 nitrogen and oxygen atoms in total. The largest absolute Gasteiger partial charge is 0.366 e. The third kappa shape index (κ3) is 4.77. The predicted octanol–water partition coefficient (Wildman–Crippen LogP) is 3.09. The van der Waals surface area contributed by atoms with Gasteiger partial charge in [-0.3, -0.25) is 14.4 Å². The summed E-state index contributed by atoms with van der Waals surface area (Å²) in [6, 6.07) is 10.2. The van der Waals surface area contributed by atoms with Crippen molar-refractivity contribution in [3.63, 3.8) is 0 Å². The number of aryl methyl sites for hydroxylation is 3. The van der Waals surface area contributed by atoms with Crippen molar-refractivity contribution in [1.82, 2.24) is 4.98 Å².